The number of phenols is 1. The summed E-state index contributed by atoms with van der Waals surface area (Å²) in [5.41, 5.74) is 3.56. The normalized spacial score (nSPS) is 15.6. The van der Waals surface area contributed by atoms with Gasteiger partial charge in [0.25, 0.3) is 0 Å². The smallest absolute Gasteiger partial charge is 0.341 e. The Morgan fingerprint density at radius 3 is 2.69 bits per heavy atom. The largest absolute Gasteiger partial charge is 0.506 e. The van der Waals surface area contributed by atoms with Crippen LogP contribution in [0.2, 0.25) is 0 Å². The van der Waals surface area contributed by atoms with Crippen LogP contribution < -0.4 is 0 Å². The summed E-state index contributed by atoms with van der Waals surface area (Å²) in [6.07, 6.45) is 5.96. The molecule has 0 amide bonds. The zero-order valence-corrected chi connectivity index (χ0v) is 15.4. The van der Waals surface area contributed by atoms with Crippen molar-refractivity contribution < 1.29 is 14.6 Å². The maximum atomic E-state index is 12.5. The molecule has 3 aromatic rings. The number of hydrogen-bond donors (Lipinski definition) is 1. The van der Waals surface area contributed by atoms with E-state index in [0.717, 1.165) is 34.6 Å². The molecule has 4 nitrogen and oxygen atoms in total. The molecule has 4 heteroatoms. The zero-order valence-electron chi connectivity index (χ0n) is 15.4. The summed E-state index contributed by atoms with van der Waals surface area (Å²) in [4.78, 5) is 12.5. The van der Waals surface area contributed by atoms with Crippen molar-refractivity contribution in [2.75, 3.05) is 6.61 Å². The number of aryl methyl sites for hydroxylation is 1. The minimum absolute atomic E-state index is 0.0369. The van der Waals surface area contributed by atoms with Crippen LogP contribution in [0.25, 0.3) is 21.8 Å². The number of fused-ring (bicyclic) bond motifs is 3. The Balaban J connectivity index is 2.07. The Labute approximate surface area is 153 Å². The standard InChI is InChI=1S/C22H25NO3/c1-3-26-22(25)17-13-16(14-9-5-4-6-10-14)20-19(21(17)24)15-11-7-8-12-18(15)23(20)2/h7-8,11-14,24H,3-6,9-10H2,1-2H3. The van der Waals surface area contributed by atoms with E-state index in [0.29, 0.717) is 12.5 Å². The van der Waals surface area contributed by atoms with E-state index in [1.165, 1.54) is 24.8 Å². The molecule has 0 saturated heterocycles. The number of aromatic nitrogens is 1. The molecule has 1 aliphatic rings. The van der Waals surface area contributed by atoms with Gasteiger partial charge in [-0.25, -0.2) is 4.79 Å². The van der Waals surface area contributed by atoms with E-state index in [2.05, 4.69) is 10.6 Å². The van der Waals surface area contributed by atoms with Gasteiger partial charge in [0.15, 0.2) is 0 Å². The molecule has 26 heavy (non-hydrogen) atoms. The second-order valence-electron chi connectivity index (χ2n) is 7.22. The van der Waals surface area contributed by atoms with Gasteiger partial charge in [-0.2, -0.15) is 0 Å². The van der Waals surface area contributed by atoms with Gasteiger partial charge in [0.2, 0.25) is 0 Å². The second kappa shape index (κ2) is 6.67. The maximum absolute atomic E-state index is 12.5. The number of hydrogen-bond acceptors (Lipinski definition) is 3. The van der Waals surface area contributed by atoms with Crippen molar-refractivity contribution in [3.63, 3.8) is 0 Å². The van der Waals surface area contributed by atoms with E-state index in [-0.39, 0.29) is 11.3 Å². The Morgan fingerprint density at radius 1 is 1.23 bits per heavy atom. The molecule has 2 aromatic carbocycles. The number of ether oxygens (including phenoxy) is 1. The topological polar surface area (TPSA) is 51.5 Å². The molecular formula is C22H25NO3. The van der Waals surface area contributed by atoms with Crippen molar-refractivity contribution in [1.82, 2.24) is 4.57 Å². The molecule has 1 heterocycles. The monoisotopic (exact) mass is 351 g/mol. The summed E-state index contributed by atoms with van der Waals surface area (Å²) < 4.78 is 7.37. The third kappa shape index (κ3) is 2.56. The SMILES string of the molecule is CCOC(=O)c1cc(C2CCCCC2)c2c(c1O)c1ccccc1n2C. The van der Waals surface area contributed by atoms with Crippen molar-refractivity contribution >= 4 is 27.8 Å². The van der Waals surface area contributed by atoms with Gasteiger partial charge >= 0.3 is 5.97 Å². The number of carbonyl (C=O) groups is 1. The van der Waals surface area contributed by atoms with Crippen LogP contribution in [0.1, 0.15) is 60.9 Å². The number of para-hydroxylation sites is 1. The number of carbonyl (C=O) groups excluding carboxylic acids is 1. The third-order valence-electron chi connectivity index (χ3n) is 5.71. The number of rotatable bonds is 3. The van der Waals surface area contributed by atoms with Crippen LogP contribution in [0.4, 0.5) is 0 Å². The van der Waals surface area contributed by atoms with Crippen molar-refractivity contribution in [2.45, 2.75) is 44.9 Å². The zero-order chi connectivity index (χ0) is 18.3. The Bertz CT molecular complexity index is 980. The van der Waals surface area contributed by atoms with Gasteiger partial charge in [-0.05, 0) is 43.4 Å². The van der Waals surface area contributed by atoms with Crippen LogP contribution in [0.15, 0.2) is 30.3 Å². The molecule has 0 atom stereocenters. The highest BCUT2D eigenvalue weighted by molar-refractivity contribution is 6.15. The number of nitrogens with zero attached hydrogens (tertiary/aromatic N) is 1. The first-order valence-corrected chi connectivity index (χ1v) is 9.53. The maximum Gasteiger partial charge on any atom is 0.341 e. The number of aromatic hydroxyl groups is 1. The molecule has 1 fully saturated rings. The molecule has 4 rings (SSSR count). The molecule has 1 saturated carbocycles. The summed E-state index contributed by atoms with van der Waals surface area (Å²) in [6, 6.07) is 9.92. The van der Waals surface area contributed by atoms with E-state index in [1.54, 1.807) is 6.92 Å². The lowest BCUT2D eigenvalue weighted by atomic mass is 9.82. The summed E-state index contributed by atoms with van der Waals surface area (Å²) in [7, 11) is 2.04. The molecule has 0 aliphatic heterocycles. The first-order valence-electron chi connectivity index (χ1n) is 9.53. The van der Waals surface area contributed by atoms with E-state index in [1.807, 2.05) is 31.3 Å². The highest BCUT2D eigenvalue weighted by Gasteiger charge is 2.27. The fourth-order valence-electron chi connectivity index (χ4n) is 4.49. The van der Waals surface area contributed by atoms with E-state index in [4.69, 9.17) is 4.74 Å². The Kier molecular flexibility index (Phi) is 4.35. The van der Waals surface area contributed by atoms with Crippen LogP contribution in [0, 0.1) is 0 Å². The highest BCUT2D eigenvalue weighted by atomic mass is 16.5. The second-order valence-corrected chi connectivity index (χ2v) is 7.22. The average Bonchev–Trinajstić information content (AvgIpc) is 2.97. The van der Waals surface area contributed by atoms with Crippen LogP contribution in [-0.2, 0) is 11.8 Å². The fraction of sp³-hybridized carbons (Fsp3) is 0.409. The molecule has 1 aromatic heterocycles. The van der Waals surface area contributed by atoms with Crippen molar-refractivity contribution in [3.05, 3.63) is 41.5 Å². The fourth-order valence-corrected chi connectivity index (χ4v) is 4.49. The number of benzene rings is 2. The number of phenolic OH excluding ortho intramolecular Hbond substituents is 1. The Morgan fingerprint density at radius 2 is 1.96 bits per heavy atom. The molecule has 0 bridgehead atoms. The van der Waals surface area contributed by atoms with Gasteiger partial charge in [0.05, 0.1) is 17.5 Å². The van der Waals surface area contributed by atoms with E-state index < -0.39 is 5.97 Å². The quantitative estimate of drug-likeness (QED) is 0.655. The number of esters is 1. The van der Waals surface area contributed by atoms with Crippen LogP contribution >= 0.6 is 0 Å². The molecule has 1 N–H and O–H groups in total. The van der Waals surface area contributed by atoms with Crippen LogP contribution in [0.5, 0.6) is 5.75 Å². The summed E-state index contributed by atoms with van der Waals surface area (Å²) in [5, 5.41) is 12.7. The van der Waals surface area contributed by atoms with Crippen LogP contribution in [0.3, 0.4) is 0 Å². The highest BCUT2D eigenvalue weighted by Crippen LogP contribution is 2.44. The molecule has 136 valence electrons. The lowest BCUT2D eigenvalue weighted by Crippen LogP contribution is -2.10. The van der Waals surface area contributed by atoms with Gasteiger partial charge in [-0.15, -0.1) is 0 Å². The van der Waals surface area contributed by atoms with E-state index in [9.17, 15) is 9.90 Å². The minimum atomic E-state index is -0.447. The molecular weight excluding hydrogens is 326 g/mol. The minimum Gasteiger partial charge on any atom is -0.506 e. The molecule has 0 spiro atoms. The van der Waals surface area contributed by atoms with Gasteiger partial charge in [0, 0.05) is 18.0 Å². The van der Waals surface area contributed by atoms with Gasteiger partial charge < -0.3 is 14.4 Å². The summed E-state index contributed by atoms with van der Waals surface area (Å²) in [5.74, 6) is 0.00902. The van der Waals surface area contributed by atoms with Gasteiger partial charge in [-0.3, -0.25) is 0 Å². The van der Waals surface area contributed by atoms with Crippen molar-refractivity contribution in [2.24, 2.45) is 7.05 Å². The molecule has 0 radical (unpaired) electrons. The average molecular weight is 351 g/mol. The van der Waals surface area contributed by atoms with Crippen molar-refractivity contribution in [1.29, 1.82) is 0 Å². The van der Waals surface area contributed by atoms with Crippen LogP contribution in [-0.4, -0.2) is 22.2 Å². The predicted molar refractivity (Wildman–Crippen MR) is 104 cm³/mol. The molecule has 0 unspecified atom stereocenters. The summed E-state index contributed by atoms with van der Waals surface area (Å²) in [6.45, 7) is 2.08. The first-order chi connectivity index (χ1) is 12.6. The van der Waals surface area contributed by atoms with Gasteiger partial charge in [0.1, 0.15) is 11.3 Å². The third-order valence-corrected chi connectivity index (χ3v) is 5.71. The first kappa shape index (κ1) is 17.0. The lowest BCUT2D eigenvalue weighted by molar-refractivity contribution is 0.0523. The summed E-state index contributed by atoms with van der Waals surface area (Å²) >= 11 is 0. The lowest BCUT2D eigenvalue weighted by Gasteiger charge is -2.24. The predicted octanol–water partition coefficient (Wildman–Crippen LogP) is 5.26. The van der Waals surface area contributed by atoms with E-state index >= 15 is 0 Å². The van der Waals surface area contributed by atoms with Crippen molar-refractivity contribution in [3.8, 4) is 5.75 Å². The van der Waals surface area contributed by atoms with Gasteiger partial charge in [-0.1, -0.05) is 37.5 Å². The molecule has 1 aliphatic carbocycles. The Hall–Kier alpha value is -2.49.